The van der Waals surface area contributed by atoms with Crippen LogP contribution in [0.1, 0.15) is 39.2 Å². The SMILES string of the molecule is Cc1cc(C)c(C(=O)N2CCN(C3CCc4ccccc4C3)CC2)c(=O)[nH]1. The average Bonchev–Trinajstić information content (AvgIpc) is 2.67. The van der Waals surface area contributed by atoms with Crippen LogP contribution in [0.3, 0.4) is 0 Å². The fourth-order valence-corrected chi connectivity index (χ4v) is 4.56. The number of nitrogens with zero attached hydrogens (tertiary/aromatic N) is 2. The molecule has 1 N–H and O–H groups in total. The lowest BCUT2D eigenvalue weighted by Crippen LogP contribution is -2.53. The highest BCUT2D eigenvalue weighted by Crippen LogP contribution is 2.25. The van der Waals surface area contributed by atoms with E-state index in [9.17, 15) is 9.59 Å². The van der Waals surface area contributed by atoms with Gasteiger partial charge in [0.05, 0.1) is 0 Å². The van der Waals surface area contributed by atoms with Crippen LogP contribution in [0.2, 0.25) is 0 Å². The molecular weight excluding hydrogens is 338 g/mol. The van der Waals surface area contributed by atoms with E-state index in [-0.39, 0.29) is 11.5 Å². The average molecular weight is 365 g/mol. The second kappa shape index (κ2) is 7.31. The number of aromatic nitrogens is 1. The quantitative estimate of drug-likeness (QED) is 0.889. The van der Waals surface area contributed by atoms with Gasteiger partial charge < -0.3 is 9.88 Å². The molecule has 1 unspecified atom stereocenters. The Balaban J connectivity index is 1.41. The Kier molecular flexibility index (Phi) is 4.87. The van der Waals surface area contributed by atoms with Gasteiger partial charge in [0.2, 0.25) is 0 Å². The van der Waals surface area contributed by atoms with Crippen LogP contribution in [0.25, 0.3) is 0 Å². The van der Waals surface area contributed by atoms with Gasteiger partial charge in [-0.15, -0.1) is 0 Å². The van der Waals surface area contributed by atoms with E-state index in [0.717, 1.165) is 37.2 Å². The Bertz CT molecular complexity index is 910. The molecule has 1 aliphatic carbocycles. The van der Waals surface area contributed by atoms with E-state index in [1.165, 1.54) is 17.5 Å². The fourth-order valence-electron chi connectivity index (χ4n) is 4.56. The summed E-state index contributed by atoms with van der Waals surface area (Å²) in [5.41, 5.74) is 4.51. The van der Waals surface area contributed by atoms with Crippen molar-refractivity contribution in [1.29, 1.82) is 0 Å². The van der Waals surface area contributed by atoms with Crippen LogP contribution in [-0.2, 0) is 12.8 Å². The van der Waals surface area contributed by atoms with Crippen molar-refractivity contribution in [2.75, 3.05) is 26.2 Å². The van der Waals surface area contributed by atoms with E-state index >= 15 is 0 Å². The second-order valence-electron chi connectivity index (χ2n) is 7.83. The minimum atomic E-state index is -0.274. The Morgan fingerprint density at radius 1 is 1.07 bits per heavy atom. The maximum atomic E-state index is 12.9. The van der Waals surface area contributed by atoms with Crippen molar-refractivity contribution in [2.45, 2.75) is 39.2 Å². The van der Waals surface area contributed by atoms with Gasteiger partial charge in [0.1, 0.15) is 5.56 Å². The van der Waals surface area contributed by atoms with Gasteiger partial charge in [-0.2, -0.15) is 0 Å². The van der Waals surface area contributed by atoms with E-state index < -0.39 is 0 Å². The summed E-state index contributed by atoms with van der Waals surface area (Å²) in [6.07, 6.45) is 3.42. The second-order valence-corrected chi connectivity index (χ2v) is 7.83. The van der Waals surface area contributed by atoms with Crippen molar-refractivity contribution in [3.63, 3.8) is 0 Å². The summed E-state index contributed by atoms with van der Waals surface area (Å²) in [6.45, 7) is 6.80. The van der Waals surface area contributed by atoms with Crippen molar-refractivity contribution in [2.24, 2.45) is 0 Å². The number of aromatic amines is 1. The summed E-state index contributed by atoms with van der Waals surface area (Å²) in [7, 11) is 0. The van der Waals surface area contributed by atoms with Crippen molar-refractivity contribution >= 4 is 5.91 Å². The van der Waals surface area contributed by atoms with Gasteiger partial charge in [-0.1, -0.05) is 24.3 Å². The van der Waals surface area contributed by atoms with E-state index in [1.807, 2.05) is 24.8 Å². The molecule has 0 radical (unpaired) electrons. The van der Waals surface area contributed by atoms with Gasteiger partial charge in [0.15, 0.2) is 0 Å². The fraction of sp³-hybridized carbons (Fsp3) is 0.455. The lowest BCUT2D eigenvalue weighted by atomic mass is 9.87. The molecule has 1 aromatic heterocycles. The standard InChI is InChI=1S/C22H27N3O2/c1-15-13-16(2)23-21(26)20(15)22(27)25-11-9-24(10-12-25)19-8-7-17-5-3-4-6-18(17)14-19/h3-6,13,19H,7-12,14H2,1-2H3,(H,23,26). The molecule has 2 heterocycles. The van der Waals surface area contributed by atoms with Gasteiger partial charge in [0.25, 0.3) is 11.5 Å². The number of carbonyl (C=O) groups is 1. The molecule has 5 nitrogen and oxygen atoms in total. The van der Waals surface area contributed by atoms with Crippen LogP contribution in [0, 0.1) is 13.8 Å². The molecule has 0 bridgehead atoms. The molecule has 27 heavy (non-hydrogen) atoms. The van der Waals surface area contributed by atoms with Gasteiger partial charge in [-0.05, 0) is 55.9 Å². The van der Waals surface area contributed by atoms with E-state index in [2.05, 4.69) is 34.1 Å². The van der Waals surface area contributed by atoms with Crippen molar-refractivity contribution in [3.05, 3.63) is 68.6 Å². The molecule has 1 amide bonds. The number of pyridine rings is 1. The van der Waals surface area contributed by atoms with Crippen molar-refractivity contribution in [1.82, 2.24) is 14.8 Å². The molecule has 142 valence electrons. The predicted molar refractivity (Wildman–Crippen MR) is 106 cm³/mol. The number of fused-ring (bicyclic) bond motifs is 1. The molecule has 1 aromatic carbocycles. The number of amides is 1. The molecule has 0 spiro atoms. The smallest absolute Gasteiger partial charge is 0.261 e. The third-order valence-corrected chi connectivity index (χ3v) is 6.02. The summed E-state index contributed by atoms with van der Waals surface area (Å²) in [6, 6.07) is 11.2. The number of benzene rings is 1. The van der Waals surface area contributed by atoms with Crippen LogP contribution in [-0.4, -0.2) is 52.9 Å². The molecule has 1 saturated heterocycles. The predicted octanol–water partition coefficient (Wildman–Crippen LogP) is 2.31. The molecule has 4 rings (SSSR count). The van der Waals surface area contributed by atoms with Crippen molar-refractivity contribution < 1.29 is 4.79 Å². The normalized spacial score (nSPS) is 20.4. The number of H-pyrrole nitrogens is 1. The summed E-state index contributed by atoms with van der Waals surface area (Å²) in [4.78, 5) is 32.3. The summed E-state index contributed by atoms with van der Waals surface area (Å²) >= 11 is 0. The first-order chi connectivity index (χ1) is 13.0. The third kappa shape index (κ3) is 3.56. The number of rotatable bonds is 2. The first-order valence-electron chi connectivity index (χ1n) is 9.83. The lowest BCUT2D eigenvalue weighted by Gasteiger charge is -2.41. The summed E-state index contributed by atoms with van der Waals surface area (Å²) in [5.74, 6) is -0.137. The highest BCUT2D eigenvalue weighted by atomic mass is 16.2. The molecule has 5 heteroatoms. The van der Waals surface area contributed by atoms with Gasteiger partial charge in [-0.25, -0.2) is 0 Å². The summed E-state index contributed by atoms with van der Waals surface area (Å²) in [5, 5.41) is 0. The van der Waals surface area contributed by atoms with Crippen LogP contribution in [0.15, 0.2) is 35.1 Å². The molecule has 0 saturated carbocycles. The van der Waals surface area contributed by atoms with E-state index in [0.29, 0.717) is 24.7 Å². The van der Waals surface area contributed by atoms with Crippen LogP contribution < -0.4 is 5.56 Å². The number of nitrogens with one attached hydrogen (secondary N) is 1. The summed E-state index contributed by atoms with van der Waals surface area (Å²) < 4.78 is 0. The third-order valence-electron chi connectivity index (χ3n) is 6.02. The first-order valence-corrected chi connectivity index (χ1v) is 9.83. The zero-order valence-electron chi connectivity index (χ0n) is 16.1. The Labute approximate surface area is 160 Å². The molecule has 1 aliphatic heterocycles. The highest BCUT2D eigenvalue weighted by Gasteiger charge is 2.30. The van der Waals surface area contributed by atoms with Gasteiger partial charge in [-0.3, -0.25) is 14.5 Å². The van der Waals surface area contributed by atoms with Crippen LogP contribution >= 0.6 is 0 Å². The molecule has 1 atom stereocenters. The molecule has 2 aliphatic rings. The first kappa shape index (κ1) is 18.0. The Morgan fingerprint density at radius 3 is 2.48 bits per heavy atom. The number of carbonyl (C=O) groups excluding carboxylic acids is 1. The molecule has 2 aromatic rings. The topological polar surface area (TPSA) is 56.4 Å². The molecular formula is C22H27N3O2. The molecule has 1 fully saturated rings. The monoisotopic (exact) mass is 365 g/mol. The minimum absolute atomic E-state index is 0.137. The maximum Gasteiger partial charge on any atom is 0.261 e. The van der Waals surface area contributed by atoms with Gasteiger partial charge >= 0.3 is 0 Å². The minimum Gasteiger partial charge on any atom is -0.336 e. The van der Waals surface area contributed by atoms with Crippen LogP contribution in [0.4, 0.5) is 0 Å². The highest BCUT2D eigenvalue weighted by molar-refractivity contribution is 5.95. The van der Waals surface area contributed by atoms with E-state index in [4.69, 9.17) is 0 Å². The van der Waals surface area contributed by atoms with Gasteiger partial charge in [0, 0.05) is 37.9 Å². The Hall–Kier alpha value is -2.40. The number of hydrogen-bond acceptors (Lipinski definition) is 3. The largest absolute Gasteiger partial charge is 0.336 e. The zero-order valence-corrected chi connectivity index (χ0v) is 16.1. The Morgan fingerprint density at radius 2 is 1.78 bits per heavy atom. The number of piperazine rings is 1. The van der Waals surface area contributed by atoms with E-state index in [1.54, 1.807) is 0 Å². The van der Waals surface area contributed by atoms with Crippen LogP contribution in [0.5, 0.6) is 0 Å². The lowest BCUT2D eigenvalue weighted by molar-refractivity contribution is 0.0550. The zero-order chi connectivity index (χ0) is 19.0. The number of aryl methyl sites for hydroxylation is 3. The van der Waals surface area contributed by atoms with Crippen molar-refractivity contribution in [3.8, 4) is 0 Å². The number of hydrogen-bond donors (Lipinski definition) is 1. The maximum absolute atomic E-state index is 12.9.